The van der Waals surface area contributed by atoms with E-state index in [0.29, 0.717) is 0 Å². The lowest BCUT2D eigenvalue weighted by Gasteiger charge is -2.22. The third-order valence-electron chi connectivity index (χ3n) is 5.05. The van der Waals surface area contributed by atoms with Crippen molar-refractivity contribution in [1.29, 1.82) is 0 Å². The van der Waals surface area contributed by atoms with Crippen molar-refractivity contribution in [3.8, 4) is 0 Å². The molecule has 142 valence electrons. The van der Waals surface area contributed by atoms with Crippen LogP contribution < -0.4 is 5.32 Å². The quantitative estimate of drug-likeness (QED) is 0.808. The van der Waals surface area contributed by atoms with Crippen molar-refractivity contribution in [2.24, 2.45) is 0 Å². The van der Waals surface area contributed by atoms with E-state index < -0.39 is 24.1 Å². The molecule has 1 unspecified atom stereocenters. The second kappa shape index (κ2) is 7.43. The number of amides is 2. The molecule has 0 spiro atoms. The van der Waals surface area contributed by atoms with E-state index >= 15 is 0 Å². The molecule has 0 bridgehead atoms. The van der Waals surface area contributed by atoms with Crippen LogP contribution in [0.25, 0.3) is 0 Å². The van der Waals surface area contributed by atoms with Gasteiger partial charge in [0, 0.05) is 25.2 Å². The van der Waals surface area contributed by atoms with Crippen LogP contribution >= 0.6 is 0 Å². The lowest BCUT2D eigenvalue weighted by atomic mass is 9.95. The standard InChI is InChI=1S/C17H23FN4O4/c18-17(16(25)26)6-7-21(11-17)15(24)12-8-19-22(9-12)10-14(23)20-13-4-2-1-3-5-13/h8-9,13H,1-7,10-11H2,(H,20,23)(H,25,26). The number of carboxylic acid groups (broad SMARTS) is 1. The number of halogens is 1. The lowest BCUT2D eigenvalue weighted by molar-refractivity contribution is -0.149. The number of alkyl halides is 1. The predicted octanol–water partition coefficient (Wildman–Crippen LogP) is 0.971. The van der Waals surface area contributed by atoms with Gasteiger partial charge in [-0.15, -0.1) is 0 Å². The molecule has 2 N–H and O–H groups in total. The maximum absolute atomic E-state index is 14.1. The summed E-state index contributed by atoms with van der Waals surface area (Å²) in [7, 11) is 0. The Morgan fingerprint density at radius 3 is 2.69 bits per heavy atom. The second-order valence-corrected chi connectivity index (χ2v) is 7.08. The number of carboxylic acids is 1. The van der Waals surface area contributed by atoms with Gasteiger partial charge in [0.05, 0.1) is 18.3 Å². The van der Waals surface area contributed by atoms with Crippen molar-refractivity contribution in [3.05, 3.63) is 18.0 Å². The van der Waals surface area contributed by atoms with Gasteiger partial charge in [-0.3, -0.25) is 14.3 Å². The van der Waals surface area contributed by atoms with E-state index in [1.165, 1.54) is 23.5 Å². The molecule has 3 rings (SSSR count). The van der Waals surface area contributed by atoms with E-state index in [4.69, 9.17) is 5.11 Å². The van der Waals surface area contributed by atoms with Gasteiger partial charge in [-0.1, -0.05) is 19.3 Å². The molecule has 9 heteroatoms. The number of hydrogen-bond acceptors (Lipinski definition) is 4. The fraction of sp³-hybridized carbons (Fsp3) is 0.647. The van der Waals surface area contributed by atoms with Crippen LogP contribution in [0.2, 0.25) is 0 Å². The number of likely N-dealkylation sites (tertiary alicyclic amines) is 1. The van der Waals surface area contributed by atoms with Crippen molar-refractivity contribution in [1.82, 2.24) is 20.0 Å². The van der Waals surface area contributed by atoms with E-state index in [-0.39, 0.29) is 37.0 Å². The van der Waals surface area contributed by atoms with Gasteiger partial charge in [0.15, 0.2) is 0 Å². The maximum Gasteiger partial charge on any atom is 0.343 e. The number of nitrogens with zero attached hydrogens (tertiary/aromatic N) is 3. The van der Waals surface area contributed by atoms with Gasteiger partial charge >= 0.3 is 5.97 Å². The van der Waals surface area contributed by atoms with Crippen LogP contribution in [0.15, 0.2) is 12.4 Å². The normalized spacial score (nSPS) is 23.8. The zero-order valence-electron chi connectivity index (χ0n) is 14.5. The average molecular weight is 366 g/mol. The van der Waals surface area contributed by atoms with Crippen LogP contribution in [-0.4, -0.2) is 62.4 Å². The first-order valence-electron chi connectivity index (χ1n) is 8.91. The minimum absolute atomic E-state index is 0.00591. The fourth-order valence-electron chi connectivity index (χ4n) is 3.53. The summed E-state index contributed by atoms with van der Waals surface area (Å²) >= 11 is 0. The van der Waals surface area contributed by atoms with Gasteiger partial charge in [0.2, 0.25) is 11.6 Å². The van der Waals surface area contributed by atoms with Crippen LogP contribution in [0.5, 0.6) is 0 Å². The third kappa shape index (κ3) is 4.03. The van der Waals surface area contributed by atoms with Gasteiger partial charge < -0.3 is 15.3 Å². The first-order valence-corrected chi connectivity index (χ1v) is 8.91. The van der Waals surface area contributed by atoms with E-state index in [1.54, 1.807) is 0 Å². The molecule has 1 aliphatic heterocycles. The Morgan fingerprint density at radius 1 is 1.31 bits per heavy atom. The molecule has 1 atom stereocenters. The number of aliphatic carboxylic acids is 1. The van der Waals surface area contributed by atoms with E-state index in [0.717, 1.165) is 30.6 Å². The van der Waals surface area contributed by atoms with Crippen molar-refractivity contribution < 1.29 is 23.9 Å². The molecule has 1 saturated heterocycles. The summed E-state index contributed by atoms with van der Waals surface area (Å²) in [6.45, 7) is -0.435. The molecule has 1 aliphatic carbocycles. The topological polar surface area (TPSA) is 105 Å². The highest BCUT2D eigenvalue weighted by Gasteiger charge is 2.47. The smallest absolute Gasteiger partial charge is 0.343 e. The largest absolute Gasteiger partial charge is 0.479 e. The first-order chi connectivity index (χ1) is 12.4. The number of carbonyl (C=O) groups is 3. The molecule has 2 amide bonds. The molecule has 2 fully saturated rings. The molecule has 8 nitrogen and oxygen atoms in total. The van der Waals surface area contributed by atoms with Crippen LogP contribution in [0.1, 0.15) is 48.9 Å². The maximum atomic E-state index is 14.1. The summed E-state index contributed by atoms with van der Waals surface area (Å²) < 4.78 is 15.5. The fourth-order valence-corrected chi connectivity index (χ4v) is 3.53. The zero-order chi connectivity index (χ0) is 18.7. The number of aromatic nitrogens is 2. The van der Waals surface area contributed by atoms with Gasteiger partial charge in [-0.2, -0.15) is 5.10 Å². The van der Waals surface area contributed by atoms with E-state index in [9.17, 15) is 18.8 Å². The van der Waals surface area contributed by atoms with Crippen LogP contribution in [0.3, 0.4) is 0 Å². The minimum Gasteiger partial charge on any atom is -0.479 e. The Hall–Kier alpha value is -2.45. The molecule has 0 aromatic carbocycles. The highest BCUT2D eigenvalue weighted by molar-refractivity contribution is 5.95. The van der Waals surface area contributed by atoms with Crippen molar-refractivity contribution in [2.45, 2.75) is 56.8 Å². The zero-order valence-corrected chi connectivity index (χ0v) is 14.5. The lowest BCUT2D eigenvalue weighted by Crippen LogP contribution is -2.39. The van der Waals surface area contributed by atoms with Gasteiger partial charge in [-0.05, 0) is 12.8 Å². The van der Waals surface area contributed by atoms with Crippen molar-refractivity contribution >= 4 is 17.8 Å². The first kappa shape index (κ1) is 18.3. The third-order valence-corrected chi connectivity index (χ3v) is 5.05. The minimum atomic E-state index is -2.40. The van der Waals surface area contributed by atoms with E-state index in [1.807, 2.05) is 0 Å². The molecule has 26 heavy (non-hydrogen) atoms. The van der Waals surface area contributed by atoms with Crippen LogP contribution in [0.4, 0.5) is 4.39 Å². The summed E-state index contributed by atoms with van der Waals surface area (Å²) in [5, 5.41) is 15.9. The number of rotatable bonds is 5. The van der Waals surface area contributed by atoms with Crippen molar-refractivity contribution in [2.75, 3.05) is 13.1 Å². The highest BCUT2D eigenvalue weighted by atomic mass is 19.1. The summed E-state index contributed by atoms with van der Waals surface area (Å²) in [5.74, 6) is -2.19. The Morgan fingerprint density at radius 2 is 2.04 bits per heavy atom. The summed E-state index contributed by atoms with van der Waals surface area (Å²) in [4.78, 5) is 36.6. The van der Waals surface area contributed by atoms with Crippen molar-refractivity contribution in [3.63, 3.8) is 0 Å². The summed E-state index contributed by atoms with van der Waals surface area (Å²) in [6.07, 6.45) is 7.93. The molecular formula is C17H23FN4O4. The Balaban J connectivity index is 1.55. The van der Waals surface area contributed by atoms with Gasteiger partial charge in [0.25, 0.3) is 5.91 Å². The Bertz CT molecular complexity index is 701. The summed E-state index contributed by atoms with van der Waals surface area (Å²) in [6, 6.07) is 0.200. The molecule has 0 radical (unpaired) electrons. The van der Waals surface area contributed by atoms with Gasteiger partial charge in [-0.25, -0.2) is 9.18 Å². The van der Waals surface area contributed by atoms with Gasteiger partial charge in [0.1, 0.15) is 6.54 Å². The van der Waals surface area contributed by atoms with E-state index in [2.05, 4.69) is 10.4 Å². The number of hydrogen-bond donors (Lipinski definition) is 2. The molecule has 1 saturated carbocycles. The number of carbonyl (C=O) groups excluding carboxylic acids is 2. The SMILES string of the molecule is O=C(Cn1cc(C(=O)N2CCC(F)(C(=O)O)C2)cn1)NC1CCCCC1. The molecule has 2 heterocycles. The Labute approximate surface area is 150 Å². The number of nitrogens with one attached hydrogen (secondary N) is 1. The molecule has 2 aliphatic rings. The Kier molecular flexibility index (Phi) is 5.24. The molecular weight excluding hydrogens is 343 g/mol. The summed E-state index contributed by atoms with van der Waals surface area (Å²) in [5.41, 5.74) is -2.18. The predicted molar refractivity (Wildman–Crippen MR) is 89.2 cm³/mol. The molecule has 1 aromatic heterocycles. The monoisotopic (exact) mass is 366 g/mol. The van der Waals surface area contributed by atoms with Crippen LogP contribution in [-0.2, 0) is 16.1 Å². The second-order valence-electron chi connectivity index (χ2n) is 7.08. The average Bonchev–Trinajstić information content (AvgIpc) is 3.23. The highest BCUT2D eigenvalue weighted by Crippen LogP contribution is 2.27. The van der Waals surface area contributed by atoms with Crippen LogP contribution in [0, 0.1) is 0 Å². The molecule has 1 aromatic rings.